The van der Waals surface area contributed by atoms with Crippen LogP contribution in [0.3, 0.4) is 0 Å². The first kappa shape index (κ1) is 19.5. The summed E-state index contributed by atoms with van der Waals surface area (Å²) in [7, 11) is 0. The molecule has 0 saturated heterocycles. The highest BCUT2D eigenvalue weighted by Crippen LogP contribution is 2.34. The molecule has 0 bridgehead atoms. The molecular formula is C13H10ClF3N4O2S2. The maximum atomic E-state index is 12.7. The van der Waals surface area contributed by atoms with Crippen molar-refractivity contribution in [3.63, 3.8) is 0 Å². The average molecular weight is 411 g/mol. The molecule has 12 heteroatoms. The summed E-state index contributed by atoms with van der Waals surface area (Å²) in [5.74, 6) is -0.964. The van der Waals surface area contributed by atoms with Gasteiger partial charge in [0.1, 0.15) is 0 Å². The first-order valence-electron chi connectivity index (χ1n) is 6.55. The molecule has 1 heterocycles. The highest BCUT2D eigenvalue weighted by atomic mass is 35.5. The van der Waals surface area contributed by atoms with E-state index in [1.165, 1.54) is 6.92 Å². The number of carbonyl (C=O) groups excluding carboxylic acids is 2. The molecule has 2 amide bonds. The van der Waals surface area contributed by atoms with Crippen molar-refractivity contribution in [3.05, 3.63) is 28.8 Å². The van der Waals surface area contributed by atoms with E-state index in [1.807, 2.05) is 0 Å². The van der Waals surface area contributed by atoms with Gasteiger partial charge >= 0.3 is 6.18 Å². The molecule has 0 radical (unpaired) electrons. The molecule has 0 aliphatic heterocycles. The predicted octanol–water partition coefficient (Wildman–Crippen LogP) is 3.90. The fraction of sp³-hybridized carbons (Fsp3) is 0.231. The third kappa shape index (κ3) is 5.87. The minimum absolute atomic E-state index is 0.00444. The second kappa shape index (κ2) is 8.02. The molecule has 2 rings (SSSR count). The van der Waals surface area contributed by atoms with Gasteiger partial charge in [0.2, 0.25) is 16.9 Å². The highest BCUT2D eigenvalue weighted by molar-refractivity contribution is 8.01. The van der Waals surface area contributed by atoms with Crippen molar-refractivity contribution >= 4 is 57.3 Å². The topological polar surface area (TPSA) is 84.0 Å². The molecule has 0 aliphatic rings. The van der Waals surface area contributed by atoms with Gasteiger partial charge in [-0.2, -0.15) is 13.2 Å². The number of rotatable bonds is 5. The third-order valence-electron chi connectivity index (χ3n) is 2.58. The number of hydrogen-bond donors (Lipinski definition) is 2. The van der Waals surface area contributed by atoms with Crippen molar-refractivity contribution in [3.8, 4) is 0 Å². The average Bonchev–Trinajstić information content (AvgIpc) is 2.93. The van der Waals surface area contributed by atoms with Crippen molar-refractivity contribution in [2.45, 2.75) is 17.4 Å². The molecule has 6 nitrogen and oxygen atoms in total. The Morgan fingerprint density at radius 2 is 2.00 bits per heavy atom. The van der Waals surface area contributed by atoms with E-state index in [4.69, 9.17) is 11.6 Å². The number of carbonyl (C=O) groups is 2. The summed E-state index contributed by atoms with van der Waals surface area (Å²) in [5, 5.41) is 12.5. The largest absolute Gasteiger partial charge is 0.416 e. The van der Waals surface area contributed by atoms with Crippen LogP contribution in [0.15, 0.2) is 22.5 Å². The Balaban J connectivity index is 1.96. The summed E-state index contributed by atoms with van der Waals surface area (Å²) in [5.41, 5.74) is -1.04. The summed E-state index contributed by atoms with van der Waals surface area (Å²) in [4.78, 5) is 22.8. The van der Waals surface area contributed by atoms with Gasteiger partial charge in [0.25, 0.3) is 0 Å². The Bertz CT molecular complexity index is 798. The molecule has 1 aromatic carbocycles. The molecule has 0 unspecified atom stereocenters. The van der Waals surface area contributed by atoms with Crippen LogP contribution < -0.4 is 10.6 Å². The summed E-state index contributed by atoms with van der Waals surface area (Å²) < 4.78 is 38.5. The maximum absolute atomic E-state index is 12.7. The summed E-state index contributed by atoms with van der Waals surface area (Å²) in [6, 6.07) is 2.67. The molecule has 2 aromatic rings. The summed E-state index contributed by atoms with van der Waals surface area (Å²) in [6.45, 7) is 1.32. The van der Waals surface area contributed by atoms with E-state index in [0.29, 0.717) is 4.34 Å². The molecule has 0 saturated carbocycles. The molecule has 0 aliphatic carbocycles. The van der Waals surface area contributed by atoms with Gasteiger partial charge in [0, 0.05) is 6.92 Å². The number of amides is 2. The minimum atomic E-state index is -4.54. The van der Waals surface area contributed by atoms with Crippen LogP contribution >= 0.6 is 34.7 Å². The molecular weight excluding hydrogens is 401 g/mol. The first-order chi connectivity index (χ1) is 11.6. The Labute approximate surface area is 153 Å². The smallest absolute Gasteiger partial charge is 0.324 e. The minimum Gasteiger partial charge on any atom is -0.324 e. The second-order valence-corrected chi connectivity index (χ2v) is 7.19. The van der Waals surface area contributed by atoms with E-state index in [2.05, 4.69) is 20.8 Å². The lowest BCUT2D eigenvalue weighted by molar-refractivity contribution is -0.137. The number of anilines is 2. The maximum Gasteiger partial charge on any atom is 0.416 e. The summed E-state index contributed by atoms with van der Waals surface area (Å²) >= 11 is 7.91. The predicted molar refractivity (Wildman–Crippen MR) is 90.0 cm³/mol. The quantitative estimate of drug-likeness (QED) is 0.577. The molecule has 134 valence electrons. The molecule has 0 atom stereocenters. The van der Waals surface area contributed by atoms with Gasteiger partial charge in [0.05, 0.1) is 22.0 Å². The molecule has 25 heavy (non-hydrogen) atoms. The number of benzene rings is 1. The second-order valence-electron chi connectivity index (χ2n) is 4.58. The van der Waals surface area contributed by atoms with Crippen LogP contribution in [0.25, 0.3) is 0 Å². The Kier molecular flexibility index (Phi) is 6.25. The van der Waals surface area contributed by atoms with Crippen LogP contribution in [0.2, 0.25) is 5.02 Å². The van der Waals surface area contributed by atoms with Crippen LogP contribution in [0, 0.1) is 0 Å². The number of thioether (sulfide) groups is 1. The zero-order chi connectivity index (χ0) is 18.6. The first-order valence-corrected chi connectivity index (χ1v) is 8.73. The lowest BCUT2D eigenvalue weighted by atomic mass is 10.2. The van der Waals surface area contributed by atoms with Gasteiger partial charge < -0.3 is 10.6 Å². The Morgan fingerprint density at radius 3 is 2.64 bits per heavy atom. The van der Waals surface area contributed by atoms with Gasteiger partial charge in [-0.15, -0.1) is 10.2 Å². The van der Waals surface area contributed by atoms with Crippen LogP contribution in [-0.2, 0) is 15.8 Å². The lowest BCUT2D eigenvalue weighted by Gasteiger charge is -2.11. The van der Waals surface area contributed by atoms with E-state index in [9.17, 15) is 22.8 Å². The van der Waals surface area contributed by atoms with Crippen molar-refractivity contribution in [2.75, 3.05) is 16.4 Å². The number of alkyl halides is 3. The van der Waals surface area contributed by atoms with Crippen LogP contribution in [-0.4, -0.2) is 27.8 Å². The number of aromatic nitrogens is 2. The van der Waals surface area contributed by atoms with Crippen molar-refractivity contribution in [1.29, 1.82) is 0 Å². The lowest BCUT2D eigenvalue weighted by Crippen LogP contribution is -2.15. The van der Waals surface area contributed by atoms with Crippen molar-refractivity contribution < 1.29 is 22.8 Å². The van der Waals surface area contributed by atoms with Crippen LogP contribution in [0.5, 0.6) is 0 Å². The van der Waals surface area contributed by atoms with E-state index < -0.39 is 17.6 Å². The fourth-order valence-electron chi connectivity index (χ4n) is 1.58. The summed E-state index contributed by atoms with van der Waals surface area (Å²) in [6.07, 6.45) is -4.54. The van der Waals surface area contributed by atoms with E-state index in [-0.39, 0.29) is 27.5 Å². The molecule has 2 N–H and O–H groups in total. The number of halogens is 4. The van der Waals surface area contributed by atoms with Crippen LogP contribution in [0.4, 0.5) is 24.0 Å². The normalized spacial score (nSPS) is 11.2. The Morgan fingerprint density at radius 1 is 1.28 bits per heavy atom. The number of hydrogen-bond acceptors (Lipinski definition) is 6. The van der Waals surface area contributed by atoms with Gasteiger partial charge in [0.15, 0.2) is 4.34 Å². The van der Waals surface area contributed by atoms with Gasteiger partial charge in [-0.05, 0) is 18.2 Å². The highest BCUT2D eigenvalue weighted by Gasteiger charge is 2.31. The zero-order valence-corrected chi connectivity index (χ0v) is 14.9. The zero-order valence-electron chi connectivity index (χ0n) is 12.5. The number of nitrogens with one attached hydrogen (secondary N) is 2. The third-order valence-corrected chi connectivity index (χ3v) is 4.89. The SMILES string of the molecule is CC(=O)Nc1nnc(SCC(=O)Nc2cc(C(F)(F)F)ccc2Cl)s1. The van der Waals surface area contributed by atoms with Gasteiger partial charge in [-0.1, -0.05) is 34.7 Å². The molecule has 0 spiro atoms. The van der Waals surface area contributed by atoms with Crippen LogP contribution in [0.1, 0.15) is 12.5 Å². The number of nitrogens with zero attached hydrogens (tertiary/aromatic N) is 2. The molecule has 1 aromatic heterocycles. The fourth-order valence-corrected chi connectivity index (χ4v) is 3.34. The van der Waals surface area contributed by atoms with Gasteiger partial charge in [-0.3, -0.25) is 9.59 Å². The van der Waals surface area contributed by atoms with Gasteiger partial charge in [-0.25, -0.2) is 0 Å². The van der Waals surface area contributed by atoms with E-state index in [0.717, 1.165) is 41.3 Å². The monoisotopic (exact) mass is 410 g/mol. The molecule has 0 fully saturated rings. The van der Waals surface area contributed by atoms with E-state index in [1.54, 1.807) is 0 Å². The van der Waals surface area contributed by atoms with E-state index >= 15 is 0 Å². The Hall–Kier alpha value is -1.85. The standard InChI is InChI=1S/C13H10ClF3N4O2S2/c1-6(22)18-11-20-21-12(25-11)24-5-10(23)19-9-4-7(13(15,16)17)2-3-8(9)14/h2-4H,5H2,1H3,(H,19,23)(H,18,20,22). The van der Waals surface area contributed by atoms with Crippen molar-refractivity contribution in [1.82, 2.24) is 10.2 Å². The van der Waals surface area contributed by atoms with Crippen molar-refractivity contribution in [2.24, 2.45) is 0 Å².